The number of pyridine rings is 1. The number of nitrogens with zero attached hydrogens (tertiary/aromatic N) is 4. The molecule has 1 aromatic heterocycles. The monoisotopic (exact) mass is 507 g/mol. The van der Waals surface area contributed by atoms with Gasteiger partial charge >= 0.3 is 6.03 Å². The Labute approximate surface area is 210 Å². The lowest BCUT2D eigenvalue weighted by Gasteiger charge is -2.39. The van der Waals surface area contributed by atoms with Gasteiger partial charge in [0.2, 0.25) is 5.69 Å². The molecular formula is C24H31Cl2N5O3. The number of piperidine rings is 1. The van der Waals surface area contributed by atoms with Crippen LogP contribution in [-0.2, 0) is 0 Å². The van der Waals surface area contributed by atoms with Crippen molar-refractivity contribution in [1.82, 2.24) is 14.7 Å². The number of hydrogen-bond donors (Lipinski definition) is 2. The van der Waals surface area contributed by atoms with Crippen molar-refractivity contribution in [2.45, 2.75) is 18.9 Å². The number of aromatic nitrogens is 1. The van der Waals surface area contributed by atoms with Crippen LogP contribution in [-0.4, -0.2) is 78.2 Å². The van der Waals surface area contributed by atoms with Crippen molar-refractivity contribution in [3.63, 3.8) is 0 Å². The summed E-state index contributed by atoms with van der Waals surface area (Å²) in [6.45, 7) is 6.26. The molecule has 2 N–H and O–H groups in total. The number of aliphatic hydroxyl groups is 1. The highest BCUT2D eigenvalue weighted by molar-refractivity contribution is 6.42. The fourth-order valence-corrected chi connectivity index (χ4v) is 5.08. The molecule has 2 saturated heterocycles. The maximum Gasteiger partial charge on any atom is 0.321 e. The highest BCUT2D eigenvalue weighted by Gasteiger charge is 2.28. The van der Waals surface area contributed by atoms with Crippen molar-refractivity contribution in [1.29, 1.82) is 0 Å². The summed E-state index contributed by atoms with van der Waals surface area (Å²) in [5.74, 6) is 0.507. The summed E-state index contributed by atoms with van der Waals surface area (Å²) in [6.07, 6.45) is 2.85. The number of halogens is 2. The van der Waals surface area contributed by atoms with Crippen LogP contribution in [0.4, 0.5) is 10.5 Å². The van der Waals surface area contributed by atoms with E-state index in [4.69, 9.17) is 23.2 Å². The molecule has 2 fully saturated rings. The largest absolute Gasteiger partial charge is 0.618 e. The van der Waals surface area contributed by atoms with Gasteiger partial charge in [0.1, 0.15) is 0 Å². The number of β-amino-alcohol motifs (C(OH)–C–C–N with tert-alkyl or cyclic N) is 1. The number of likely N-dealkylation sites (tertiary alicyclic amines) is 1. The minimum absolute atomic E-state index is 0.132. The van der Waals surface area contributed by atoms with E-state index < -0.39 is 6.10 Å². The lowest BCUT2D eigenvalue weighted by Crippen LogP contribution is -2.52. The molecule has 4 rings (SSSR count). The molecule has 0 saturated carbocycles. The number of amides is 2. The smallest absolute Gasteiger partial charge is 0.321 e. The number of rotatable bonds is 6. The summed E-state index contributed by atoms with van der Waals surface area (Å²) < 4.78 is 0.739. The minimum Gasteiger partial charge on any atom is -0.618 e. The van der Waals surface area contributed by atoms with Crippen molar-refractivity contribution in [2.24, 2.45) is 5.92 Å². The third kappa shape index (κ3) is 6.52. The lowest BCUT2D eigenvalue weighted by molar-refractivity contribution is -0.618. The Hall–Kier alpha value is -2.10. The second-order valence-electron chi connectivity index (χ2n) is 9.08. The maximum absolute atomic E-state index is 12.6. The topological polar surface area (TPSA) is 86.0 Å². The highest BCUT2D eigenvalue weighted by atomic mass is 35.5. The van der Waals surface area contributed by atoms with Crippen molar-refractivity contribution in [2.75, 3.05) is 57.7 Å². The van der Waals surface area contributed by atoms with E-state index in [0.29, 0.717) is 47.0 Å². The molecular weight excluding hydrogens is 477 g/mol. The molecule has 184 valence electrons. The average Bonchev–Trinajstić information content (AvgIpc) is 2.82. The molecule has 2 amide bonds. The van der Waals surface area contributed by atoms with Crippen LogP contribution >= 0.6 is 23.2 Å². The van der Waals surface area contributed by atoms with E-state index in [1.165, 1.54) is 6.20 Å². The quantitative estimate of drug-likeness (QED) is 0.463. The third-order valence-corrected chi connectivity index (χ3v) is 7.32. The molecule has 0 bridgehead atoms. The number of hydrogen-bond acceptors (Lipinski definition) is 5. The van der Waals surface area contributed by atoms with Gasteiger partial charge in [0.25, 0.3) is 0 Å². The Morgan fingerprint density at radius 2 is 1.91 bits per heavy atom. The van der Waals surface area contributed by atoms with Gasteiger partial charge in [-0.05, 0) is 49.6 Å². The summed E-state index contributed by atoms with van der Waals surface area (Å²) in [5.41, 5.74) is 1.02. The third-order valence-electron chi connectivity index (χ3n) is 6.58. The molecule has 2 aliphatic heterocycles. The van der Waals surface area contributed by atoms with Gasteiger partial charge in [-0.15, -0.1) is 0 Å². The number of piperazine rings is 1. The molecule has 2 aromatic rings. The molecule has 2 aliphatic rings. The van der Waals surface area contributed by atoms with Gasteiger partial charge < -0.3 is 20.5 Å². The van der Waals surface area contributed by atoms with Crippen LogP contribution < -0.4 is 10.0 Å². The zero-order chi connectivity index (χ0) is 24.1. The van der Waals surface area contributed by atoms with Crippen LogP contribution in [0.25, 0.3) is 0 Å². The molecule has 1 aromatic carbocycles. The predicted octanol–water partition coefficient (Wildman–Crippen LogP) is 3.22. The van der Waals surface area contributed by atoms with Gasteiger partial charge in [-0.3, -0.25) is 9.80 Å². The lowest BCUT2D eigenvalue weighted by atomic mass is 9.96. The van der Waals surface area contributed by atoms with E-state index in [1.807, 2.05) is 4.90 Å². The van der Waals surface area contributed by atoms with E-state index in [-0.39, 0.29) is 6.03 Å². The second kappa shape index (κ2) is 11.6. The van der Waals surface area contributed by atoms with E-state index in [1.54, 1.807) is 36.4 Å². The van der Waals surface area contributed by atoms with Crippen molar-refractivity contribution < 1.29 is 14.6 Å². The first-order valence-electron chi connectivity index (χ1n) is 11.7. The normalized spacial score (nSPS) is 20.8. The molecule has 2 atom stereocenters. The van der Waals surface area contributed by atoms with Crippen molar-refractivity contribution in [3.8, 4) is 0 Å². The Kier molecular flexibility index (Phi) is 8.50. The van der Waals surface area contributed by atoms with E-state index in [0.717, 1.165) is 50.3 Å². The fraction of sp³-hybridized carbons (Fsp3) is 0.500. The molecule has 10 heteroatoms. The first-order valence-corrected chi connectivity index (χ1v) is 12.5. The van der Waals surface area contributed by atoms with Crippen LogP contribution in [0.5, 0.6) is 0 Å². The van der Waals surface area contributed by atoms with Crippen molar-refractivity contribution >= 4 is 34.9 Å². The summed E-state index contributed by atoms with van der Waals surface area (Å²) >= 11 is 12.0. The second-order valence-corrected chi connectivity index (χ2v) is 9.90. The SMILES string of the molecule is O=C(Nc1ccc(Cl)c(Cl)c1)N1CCN(C[C@@H]2CCCN(CC(O)c3cccc[n+]3[O-])C2)CC1. The summed E-state index contributed by atoms with van der Waals surface area (Å²) in [5, 5.41) is 26.2. The van der Waals surface area contributed by atoms with Gasteiger partial charge in [-0.1, -0.05) is 23.2 Å². The summed E-state index contributed by atoms with van der Waals surface area (Å²) in [6, 6.07) is 10.0. The van der Waals surface area contributed by atoms with Gasteiger partial charge in [-0.2, -0.15) is 4.73 Å². The predicted molar refractivity (Wildman–Crippen MR) is 133 cm³/mol. The number of anilines is 1. The van der Waals surface area contributed by atoms with Gasteiger partial charge in [0.15, 0.2) is 12.3 Å². The standard InChI is InChI=1S/C24H31Cl2N5O3/c25-20-7-6-19(14-21(20)26)27-24(33)30-12-10-28(11-13-30)15-18-4-3-8-29(16-18)17-23(32)22-5-1-2-9-31(22)34/h1-2,5-7,9,14,18,23,32H,3-4,8,10-13,15-17H2,(H,27,33)/t18-,23?/m0/s1. The first kappa shape index (κ1) is 25.0. The minimum atomic E-state index is -0.796. The van der Waals surface area contributed by atoms with Crippen LogP contribution in [0.2, 0.25) is 10.0 Å². The maximum atomic E-state index is 12.6. The zero-order valence-corrected chi connectivity index (χ0v) is 20.6. The zero-order valence-electron chi connectivity index (χ0n) is 19.1. The van der Waals surface area contributed by atoms with E-state index in [9.17, 15) is 15.1 Å². The van der Waals surface area contributed by atoms with Crippen LogP contribution in [0, 0.1) is 11.1 Å². The van der Waals surface area contributed by atoms with Crippen LogP contribution in [0.15, 0.2) is 42.6 Å². The van der Waals surface area contributed by atoms with Crippen LogP contribution in [0.1, 0.15) is 24.6 Å². The van der Waals surface area contributed by atoms with Gasteiger partial charge in [0.05, 0.1) is 10.0 Å². The number of benzene rings is 1. The molecule has 1 unspecified atom stereocenters. The van der Waals surface area contributed by atoms with Gasteiger partial charge in [-0.25, -0.2) is 4.79 Å². The number of urea groups is 1. The first-order chi connectivity index (χ1) is 16.4. The van der Waals surface area contributed by atoms with E-state index >= 15 is 0 Å². The fourth-order valence-electron chi connectivity index (χ4n) is 4.78. The van der Waals surface area contributed by atoms with Crippen LogP contribution in [0.3, 0.4) is 0 Å². The average molecular weight is 508 g/mol. The molecule has 8 nitrogen and oxygen atoms in total. The Balaban J connectivity index is 1.21. The molecule has 0 radical (unpaired) electrons. The number of carbonyl (C=O) groups excluding carboxylic acids is 1. The van der Waals surface area contributed by atoms with E-state index in [2.05, 4.69) is 15.1 Å². The van der Waals surface area contributed by atoms with Gasteiger partial charge in [0, 0.05) is 63.6 Å². The molecule has 3 heterocycles. The number of aliphatic hydroxyl groups excluding tert-OH is 1. The van der Waals surface area contributed by atoms with Crippen molar-refractivity contribution in [3.05, 3.63) is 63.5 Å². The highest BCUT2D eigenvalue weighted by Crippen LogP contribution is 2.25. The molecule has 0 aliphatic carbocycles. The summed E-state index contributed by atoms with van der Waals surface area (Å²) in [7, 11) is 0. The number of carbonyl (C=O) groups is 1. The molecule has 34 heavy (non-hydrogen) atoms. The Morgan fingerprint density at radius 3 is 2.65 bits per heavy atom. The summed E-state index contributed by atoms with van der Waals surface area (Å²) in [4.78, 5) is 19.1. The molecule has 0 spiro atoms. The Bertz CT molecular complexity index is 987. The number of nitrogens with one attached hydrogen (secondary N) is 1. The Morgan fingerprint density at radius 1 is 1.12 bits per heavy atom.